The van der Waals surface area contributed by atoms with E-state index in [1.807, 2.05) is 30.0 Å². The number of fused-ring (bicyclic) bond motifs is 1. The Morgan fingerprint density at radius 1 is 0.958 bits per heavy atom. The summed E-state index contributed by atoms with van der Waals surface area (Å²) in [5.41, 5.74) is 3.61. The standard InChI is InChI=1S/C36H40Cl3FN6O2/c1-23-32-33(39)29(22-41-34(32)43(2)42-23)36(48)45-18-12-26(13-19-45)35(47)46(28-8-9-30(37)31(38)21-28)15-3-14-44-16-10-25(11-17-44)20-24-4-6-27(40)7-5-24/h4-9,21-22,25-26H,3,10-20H2,1-2H3. The van der Waals surface area contributed by atoms with Gasteiger partial charge in [0.25, 0.3) is 5.91 Å². The third-order valence-corrected chi connectivity index (χ3v) is 10.9. The highest BCUT2D eigenvalue weighted by atomic mass is 35.5. The predicted molar refractivity (Wildman–Crippen MR) is 190 cm³/mol. The van der Waals surface area contributed by atoms with Gasteiger partial charge in [-0.15, -0.1) is 0 Å². The van der Waals surface area contributed by atoms with Crippen molar-refractivity contribution in [1.82, 2.24) is 24.6 Å². The second kappa shape index (κ2) is 15.1. The highest BCUT2D eigenvalue weighted by Gasteiger charge is 2.33. The number of benzene rings is 2. The molecule has 2 aliphatic heterocycles. The SMILES string of the molecule is Cc1nn(C)c2ncc(C(=O)N3CCC(C(=O)N(CCCN4CCC(Cc5ccc(F)cc5)CC4)c4ccc(Cl)c(Cl)c4)CC3)c(Cl)c12. The van der Waals surface area contributed by atoms with Gasteiger partial charge in [-0.2, -0.15) is 5.10 Å². The number of nitrogens with zero attached hydrogens (tertiary/aromatic N) is 6. The topological polar surface area (TPSA) is 74.6 Å². The summed E-state index contributed by atoms with van der Waals surface area (Å²) in [5, 5.41) is 6.27. The number of amides is 2. The summed E-state index contributed by atoms with van der Waals surface area (Å²) in [7, 11) is 1.80. The smallest absolute Gasteiger partial charge is 0.256 e. The first-order chi connectivity index (χ1) is 23.1. The quantitative estimate of drug-likeness (QED) is 0.179. The number of aryl methyl sites for hydroxylation is 2. The zero-order valence-corrected chi connectivity index (χ0v) is 29.5. The Morgan fingerprint density at radius 3 is 2.35 bits per heavy atom. The number of likely N-dealkylation sites (tertiary alicyclic amines) is 2. The van der Waals surface area contributed by atoms with Crippen LogP contribution in [-0.2, 0) is 18.3 Å². The molecule has 4 heterocycles. The number of halogens is 4. The fourth-order valence-electron chi connectivity index (χ4n) is 7.08. The molecular weight excluding hydrogens is 674 g/mol. The number of anilines is 1. The van der Waals surface area contributed by atoms with Gasteiger partial charge >= 0.3 is 0 Å². The van der Waals surface area contributed by atoms with Crippen LogP contribution in [0.3, 0.4) is 0 Å². The second-order valence-electron chi connectivity index (χ2n) is 13.0. The fourth-order valence-corrected chi connectivity index (χ4v) is 7.72. The lowest BCUT2D eigenvalue weighted by molar-refractivity contribution is -0.123. The van der Waals surface area contributed by atoms with Gasteiger partial charge in [0.2, 0.25) is 5.91 Å². The van der Waals surface area contributed by atoms with Gasteiger partial charge in [-0.05, 0) is 107 Å². The van der Waals surface area contributed by atoms with E-state index in [2.05, 4.69) is 15.0 Å². The predicted octanol–water partition coefficient (Wildman–Crippen LogP) is 7.61. The number of pyridine rings is 1. The Balaban J connectivity index is 1.06. The summed E-state index contributed by atoms with van der Waals surface area (Å²) in [4.78, 5) is 38.1. The van der Waals surface area contributed by atoms with Crippen molar-refractivity contribution in [3.63, 3.8) is 0 Å². The fraction of sp³-hybridized carbons (Fsp3) is 0.444. The number of carbonyl (C=O) groups is 2. The molecule has 0 atom stereocenters. The zero-order chi connectivity index (χ0) is 33.9. The van der Waals surface area contributed by atoms with E-state index in [1.54, 1.807) is 28.8 Å². The van der Waals surface area contributed by atoms with Gasteiger partial charge in [-0.1, -0.05) is 46.9 Å². The van der Waals surface area contributed by atoms with Crippen molar-refractivity contribution >= 4 is 63.3 Å². The average molecular weight is 714 g/mol. The molecule has 2 aromatic carbocycles. The number of piperidine rings is 2. The molecule has 48 heavy (non-hydrogen) atoms. The molecule has 2 amide bonds. The van der Waals surface area contributed by atoms with Crippen LogP contribution in [0.1, 0.15) is 53.7 Å². The van der Waals surface area contributed by atoms with Crippen LogP contribution in [0.15, 0.2) is 48.7 Å². The van der Waals surface area contributed by atoms with E-state index in [1.165, 1.54) is 23.9 Å². The zero-order valence-electron chi connectivity index (χ0n) is 27.3. The van der Waals surface area contributed by atoms with Gasteiger partial charge in [0.15, 0.2) is 5.65 Å². The van der Waals surface area contributed by atoms with Gasteiger partial charge in [-0.25, -0.2) is 9.37 Å². The molecule has 0 N–H and O–H groups in total. The first-order valence-electron chi connectivity index (χ1n) is 16.6. The Morgan fingerprint density at radius 2 is 1.67 bits per heavy atom. The summed E-state index contributed by atoms with van der Waals surface area (Å²) in [6, 6.07) is 12.2. The maximum atomic E-state index is 14.1. The number of hydrogen-bond donors (Lipinski definition) is 0. The third kappa shape index (κ3) is 7.65. The van der Waals surface area contributed by atoms with Crippen LogP contribution in [0, 0.1) is 24.6 Å². The highest BCUT2D eigenvalue weighted by molar-refractivity contribution is 6.42. The lowest BCUT2D eigenvalue weighted by Crippen LogP contribution is -2.45. The molecule has 4 aromatic rings. The van der Waals surface area contributed by atoms with Gasteiger partial charge < -0.3 is 14.7 Å². The van der Waals surface area contributed by atoms with E-state index < -0.39 is 0 Å². The van der Waals surface area contributed by atoms with Crippen LogP contribution in [0.4, 0.5) is 10.1 Å². The molecule has 0 bridgehead atoms. The molecule has 0 saturated carbocycles. The normalized spacial score (nSPS) is 16.5. The van der Waals surface area contributed by atoms with Gasteiger partial charge in [0, 0.05) is 44.5 Å². The number of rotatable bonds is 9. The lowest BCUT2D eigenvalue weighted by atomic mass is 9.90. The van der Waals surface area contributed by atoms with Crippen LogP contribution >= 0.6 is 34.8 Å². The number of hydrogen-bond acceptors (Lipinski definition) is 5. The Hall–Kier alpha value is -3.24. The van der Waals surface area contributed by atoms with Crippen LogP contribution in [-0.4, -0.2) is 75.6 Å². The molecule has 2 aromatic heterocycles. The summed E-state index contributed by atoms with van der Waals surface area (Å²) in [5.74, 6) is 0.00323. The minimum atomic E-state index is -0.234. The molecule has 2 saturated heterocycles. The van der Waals surface area contributed by atoms with Crippen LogP contribution in [0.2, 0.25) is 15.1 Å². The average Bonchev–Trinajstić information content (AvgIpc) is 3.39. The van der Waals surface area contributed by atoms with Crippen LogP contribution in [0.5, 0.6) is 0 Å². The monoisotopic (exact) mass is 712 g/mol. The highest BCUT2D eigenvalue weighted by Crippen LogP contribution is 2.32. The minimum absolute atomic E-state index is 0.0330. The van der Waals surface area contributed by atoms with E-state index in [0.29, 0.717) is 70.1 Å². The van der Waals surface area contributed by atoms with Crippen molar-refractivity contribution in [2.24, 2.45) is 18.9 Å². The first-order valence-corrected chi connectivity index (χ1v) is 17.7. The Bertz CT molecular complexity index is 1780. The molecule has 6 rings (SSSR count). The molecule has 8 nitrogen and oxygen atoms in total. The summed E-state index contributed by atoms with van der Waals surface area (Å²) < 4.78 is 14.9. The summed E-state index contributed by atoms with van der Waals surface area (Å²) in [6.07, 6.45) is 6.59. The first kappa shape index (κ1) is 34.6. The van der Waals surface area contributed by atoms with Crippen LogP contribution < -0.4 is 4.90 Å². The molecule has 2 fully saturated rings. The van der Waals surface area contributed by atoms with E-state index in [9.17, 15) is 14.0 Å². The molecule has 0 spiro atoms. The maximum absolute atomic E-state index is 14.1. The van der Waals surface area contributed by atoms with Crippen molar-refractivity contribution < 1.29 is 14.0 Å². The van der Waals surface area contributed by atoms with E-state index in [4.69, 9.17) is 34.8 Å². The van der Waals surface area contributed by atoms with E-state index >= 15 is 0 Å². The Labute approximate surface area is 295 Å². The van der Waals surface area contributed by atoms with Crippen molar-refractivity contribution in [3.05, 3.63) is 86.4 Å². The summed E-state index contributed by atoms with van der Waals surface area (Å²) in [6.45, 7) is 6.18. The molecule has 254 valence electrons. The molecule has 0 radical (unpaired) electrons. The Kier molecular flexibility index (Phi) is 10.9. The van der Waals surface area contributed by atoms with Gasteiger partial charge in [0.05, 0.1) is 31.7 Å². The molecule has 0 unspecified atom stereocenters. The van der Waals surface area contributed by atoms with E-state index in [-0.39, 0.29) is 23.5 Å². The largest absolute Gasteiger partial charge is 0.339 e. The van der Waals surface area contributed by atoms with Crippen molar-refractivity contribution in [3.8, 4) is 0 Å². The van der Waals surface area contributed by atoms with Crippen molar-refractivity contribution in [2.75, 3.05) is 44.2 Å². The third-order valence-electron chi connectivity index (χ3n) is 9.81. The molecule has 12 heteroatoms. The number of carbonyl (C=O) groups excluding carboxylic acids is 2. The number of aromatic nitrogens is 3. The van der Waals surface area contributed by atoms with Gasteiger partial charge in [-0.3, -0.25) is 14.3 Å². The van der Waals surface area contributed by atoms with Gasteiger partial charge in [0.1, 0.15) is 5.82 Å². The summed E-state index contributed by atoms with van der Waals surface area (Å²) >= 11 is 19.3. The van der Waals surface area contributed by atoms with Crippen LogP contribution in [0.25, 0.3) is 11.0 Å². The van der Waals surface area contributed by atoms with E-state index in [0.717, 1.165) is 56.7 Å². The lowest BCUT2D eigenvalue weighted by Gasteiger charge is -2.35. The maximum Gasteiger partial charge on any atom is 0.256 e. The second-order valence-corrected chi connectivity index (χ2v) is 14.2. The molecule has 0 aliphatic carbocycles. The molecular formula is C36H40Cl3FN6O2. The van der Waals surface area contributed by atoms with Crippen molar-refractivity contribution in [1.29, 1.82) is 0 Å². The minimum Gasteiger partial charge on any atom is -0.339 e. The molecule has 2 aliphatic rings. The van der Waals surface area contributed by atoms with Crippen molar-refractivity contribution in [2.45, 2.75) is 45.4 Å².